The summed E-state index contributed by atoms with van der Waals surface area (Å²) in [5.41, 5.74) is 1.86. The monoisotopic (exact) mass is 331 g/mol. The number of carbonyl (C=O) groups is 2. The minimum absolute atomic E-state index is 0.0778. The fraction of sp³-hybridized carbons (Fsp3) is 0.500. The van der Waals surface area contributed by atoms with E-state index >= 15 is 0 Å². The molecule has 0 bridgehead atoms. The molecule has 1 amide bonds. The molecule has 6 nitrogen and oxygen atoms in total. The Morgan fingerprint density at radius 3 is 2.33 bits per heavy atom. The first kappa shape index (κ1) is 18.0. The van der Waals surface area contributed by atoms with Crippen LogP contribution < -0.4 is 10.3 Å². The van der Waals surface area contributed by atoms with Crippen molar-refractivity contribution in [3.05, 3.63) is 29.8 Å². The third kappa shape index (κ3) is 4.13. The Kier molecular flexibility index (Phi) is 5.59. The van der Waals surface area contributed by atoms with Crippen LogP contribution in [-0.4, -0.2) is 34.8 Å². The van der Waals surface area contributed by atoms with Gasteiger partial charge in [0.15, 0.2) is 0 Å². The Morgan fingerprint density at radius 2 is 1.88 bits per heavy atom. The molecular weight excluding hydrogens is 306 g/mol. The van der Waals surface area contributed by atoms with Crippen LogP contribution in [0.15, 0.2) is 29.4 Å². The van der Waals surface area contributed by atoms with Crippen LogP contribution in [0, 0.1) is 0 Å². The summed E-state index contributed by atoms with van der Waals surface area (Å²) in [7, 11) is 0. The zero-order valence-electron chi connectivity index (χ0n) is 14.5. The molecule has 1 aromatic carbocycles. The second-order valence-electron chi connectivity index (χ2n) is 6.27. The number of hydrazone groups is 1. The van der Waals surface area contributed by atoms with Gasteiger partial charge in [0.05, 0.1) is 17.6 Å². The van der Waals surface area contributed by atoms with Crippen LogP contribution in [0.3, 0.4) is 0 Å². The van der Waals surface area contributed by atoms with Crippen molar-refractivity contribution < 1.29 is 14.7 Å². The number of carbonyl (C=O) groups excluding carboxylic acids is 1. The molecule has 130 valence electrons. The number of rotatable bonds is 7. The normalized spacial score (nSPS) is 14.5. The van der Waals surface area contributed by atoms with E-state index < -0.39 is 11.5 Å². The van der Waals surface area contributed by atoms with Gasteiger partial charge in [0, 0.05) is 24.2 Å². The fourth-order valence-electron chi connectivity index (χ4n) is 2.87. The predicted molar refractivity (Wildman–Crippen MR) is 94.5 cm³/mol. The average molecular weight is 331 g/mol. The van der Waals surface area contributed by atoms with Gasteiger partial charge in [-0.3, -0.25) is 14.6 Å². The van der Waals surface area contributed by atoms with Crippen LogP contribution in [0.4, 0.5) is 5.69 Å². The van der Waals surface area contributed by atoms with Gasteiger partial charge in [0.2, 0.25) is 0 Å². The summed E-state index contributed by atoms with van der Waals surface area (Å²) in [6, 6.07) is 7.25. The Balaban J connectivity index is 2.10. The third-order valence-electron chi connectivity index (χ3n) is 4.63. The molecule has 0 aromatic heterocycles. The van der Waals surface area contributed by atoms with Crippen molar-refractivity contribution in [2.75, 3.05) is 11.6 Å². The molecule has 24 heavy (non-hydrogen) atoms. The molecule has 2 rings (SSSR count). The highest BCUT2D eigenvalue weighted by Crippen LogP contribution is 2.23. The van der Waals surface area contributed by atoms with E-state index in [2.05, 4.69) is 10.4 Å². The smallest absolute Gasteiger partial charge is 0.305 e. The van der Waals surface area contributed by atoms with Crippen molar-refractivity contribution >= 4 is 23.3 Å². The summed E-state index contributed by atoms with van der Waals surface area (Å²) in [5, 5.41) is 18.4. The lowest BCUT2D eigenvalue weighted by atomic mass is 9.88. The quantitative estimate of drug-likeness (QED) is 0.804. The van der Waals surface area contributed by atoms with Gasteiger partial charge in [-0.25, -0.2) is 0 Å². The maximum absolute atomic E-state index is 12.5. The molecule has 0 atom stereocenters. The highest BCUT2D eigenvalue weighted by molar-refractivity contribution is 5.95. The van der Waals surface area contributed by atoms with Crippen LogP contribution in [-0.2, 0) is 4.79 Å². The molecule has 0 saturated carbocycles. The zero-order valence-corrected chi connectivity index (χ0v) is 14.5. The first-order valence-corrected chi connectivity index (χ1v) is 8.35. The van der Waals surface area contributed by atoms with Gasteiger partial charge < -0.3 is 10.4 Å². The predicted octanol–water partition coefficient (Wildman–Crippen LogP) is 3.04. The van der Waals surface area contributed by atoms with Gasteiger partial charge in [-0.15, -0.1) is 0 Å². The molecule has 2 N–H and O–H groups in total. The molecule has 6 heteroatoms. The van der Waals surface area contributed by atoms with E-state index in [1.807, 2.05) is 37.9 Å². The first-order chi connectivity index (χ1) is 11.4. The molecule has 0 saturated heterocycles. The van der Waals surface area contributed by atoms with Crippen LogP contribution in [0.25, 0.3) is 0 Å². The lowest BCUT2D eigenvalue weighted by molar-refractivity contribution is -0.138. The van der Waals surface area contributed by atoms with Gasteiger partial charge >= 0.3 is 5.97 Å². The van der Waals surface area contributed by atoms with Gasteiger partial charge in [0.1, 0.15) is 0 Å². The van der Waals surface area contributed by atoms with Crippen molar-refractivity contribution in [3.8, 4) is 0 Å². The highest BCUT2D eigenvalue weighted by atomic mass is 16.4. The summed E-state index contributed by atoms with van der Waals surface area (Å²) < 4.78 is 0. The van der Waals surface area contributed by atoms with E-state index in [9.17, 15) is 9.59 Å². The van der Waals surface area contributed by atoms with Gasteiger partial charge in [-0.05, 0) is 44.0 Å². The summed E-state index contributed by atoms with van der Waals surface area (Å²) in [5.74, 6) is -1.15. The molecule has 0 unspecified atom stereocenters. The molecule has 1 heterocycles. The van der Waals surface area contributed by atoms with Gasteiger partial charge in [-0.1, -0.05) is 13.8 Å². The maximum atomic E-state index is 12.5. The van der Waals surface area contributed by atoms with Crippen LogP contribution >= 0.6 is 0 Å². The minimum atomic E-state index is -0.906. The van der Waals surface area contributed by atoms with Crippen LogP contribution in [0.2, 0.25) is 0 Å². The average Bonchev–Trinajstić information content (AvgIpc) is 3.00. The van der Waals surface area contributed by atoms with Crippen LogP contribution in [0.5, 0.6) is 0 Å². The van der Waals surface area contributed by atoms with E-state index in [1.54, 1.807) is 12.1 Å². The molecule has 1 aromatic rings. The lowest BCUT2D eigenvalue weighted by Gasteiger charge is -2.31. The third-order valence-corrected chi connectivity index (χ3v) is 4.63. The van der Waals surface area contributed by atoms with Crippen molar-refractivity contribution in [1.29, 1.82) is 0 Å². The minimum Gasteiger partial charge on any atom is -0.481 e. The van der Waals surface area contributed by atoms with Gasteiger partial charge in [-0.2, -0.15) is 5.10 Å². The molecule has 1 aliphatic heterocycles. The molecule has 0 aliphatic carbocycles. The molecule has 1 aliphatic rings. The SMILES string of the molecule is CCC(CC)(CC(=O)O)NC(=O)c1ccc(N2CCC(C)=N2)cc1. The van der Waals surface area contributed by atoms with E-state index in [0.29, 0.717) is 18.4 Å². The Bertz CT molecular complexity index is 633. The number of amides is 1. The number of aliphatic carboxylic acids is 1. The van der Waals surface area contributed by atoms with Crippen molar-refractivity contribution in [3.63, 3.8) is 0 Å². The second-order valence-corrected chi connectivity index (χ2v) is 6.27. The summed E-state index contributed by atoms with van der Waals surface area (Å²) in [6.45, 7) is 6.64. The highest BCUT2D eigenvalue weighted by Gasteiger charge is 2.31. The van der Waals surface area contributed by atoms with Crippen LogP contribution in [0.1, 0.15) is 56.8 Å². The van der Waals surface area contributed by atoms with Gasteiger partial charge in [0.25, 0.3) is 5.91 Å². The maximum Gasteiger partial charge on any atom is 0.305 e. The number of hydrogen-bond acceptors (Lipinski definition) is 4. The first-order valence-electron chi connectivity index (χ1n) is 8.35. The molecule has 0 spiro atoms. The topological polar surface area (TPSA) is 82.0 Å². The summed E-state index contributed by atoms with van der Waals surface area (Å²) in [4.78, 5) is 23.6. The van der Waals surface area contributed by atoms with Crippen molar-refractivity contribution in [2.24, 2.45) is 5.10 Å². The number of benzene rings is 1. The molecule has 0 fully saturated rings. The Morgan fingerprint density at radius 1 is 1.25 bits per heavy atom. The largest absolute Gasteiger partial charge is 0.481 e. The van der Waals surface area contributed by atoms with E-state index in [1.165, 1.54) is 0 Å². The van der Waals surface area contributed by atoms with Crippen molar-refractivity contribution in [1.82, 2.24) is 5.32 Å². The summed E-state index contributed by atoms with van der Waals surface area (Å²) in [6.07, 6.45) is 2.02. The molecular formula is C18H25N3O3. The summed E-state index contributed by atoms with van der Waals surface area (Å²) >= 11 is 0. The number of carboxylic acid groups (broad SMARTS) is 1. The second kappa shape index (κ2) is 7.47. The number of carboxylic acids is 1. The fourth-order valence-corrected chi connectivity index (χ4v) is 2.87. The van der Waals surface area contributed by atoms with E-state index in [-0.39, 0.29) is 12.3 Å². The Labute approximate surface area is 142 Å². The zero-order chi connectivity index (χ0) is 17.7. The number of nitrogens with zero attached hydrogens (tertiary/aromatic N) is 2. The van der Waals surface area contributed by atoms with E-state index in [4.69, 9.17) is 5.11 Å². The lowest BCUT2D eigenvalue weighted by Crippen LogP contribution is -2.49. The van der Waals surface area contributed by atoms with Crippen molar-refractivity contribution in [2.45, 2.75) is 52.0 Å². The number of nitrogens with one attached hydrogen (secondary N) is 1. The number of anilines is 1. The Hall–Kier alpha value is -2.37. The molecule has 0 radical (unpaired) electrons. The standard InChI is InChI=1S/C18H25N3O3/c1-4-18(5-2,12-16(22)23)19-17(24)14-6-8-15(9-7-14)21-11-10-13(3)20-21/h6-9H,4-5,10-12H2,1-3H3,(H,19,24)(H,22,23). The van der Waals surface area contributed by atoms with E-state index in [0.717, 1.165) is 24.4 Å². The number of hydrogen-bond donors (Lipinski definition) is 2.